The average molecular weight is 336 g/mol. The molecule has 2 aromatic rings. The van der Waals surface area contributed by atoms with Crippen LogP contribution in [0.25, 0.3) is 10.1 Å². The van der Waals surface area contributed by atoms with E-state index >= 15 is 0 Å². The van der Waals surface area contributed by atoms with Gasteiger partial charge in [0.25, 0.3) is 0 Å². The molecule has 0 saturated heterocycles. The minimum absolute atomic E-state index is 0.547. The smallest absolute Gasteiger partial charge is 0.423 e. The maximum atomic E-state index is 9.16. The standard InChI is InChI=1S/C8H6BIO2S2/c10-6-4-2-1-3-5(9(11)12)7(4)14-8(6)13/h1-3,11-13H. The molecule has 0 spiro atoms. The van der Waals surface area contributed by atoms with E-state index in [4.69, 9.17) is 10.0 Å². The molecule has 2 nitrogen and oxygen atoms in total. The summed E-state index contributed by atoms with van der Waals surface area (Å²) in [7, 11) is -1.42. The summed E-state index contributed by atoms with van der Waals surface area (Å²) in [6, 6.07) is 5.49. The van der Waals surface area contributed by atoms with Crippen molar-refractivity contribution in [1.29, 1.82) is 0 Å². The van der Waals surface area contributed by atoms with E-state index < -0.39 is 7.12 Å². The molecule has 2 N–H and O–H groups in total. The highest BCUT2D eigenvalue weighted by Crippen LogP contribution is 2.33. The van der Waals surface area contributed by atoms with Crippen LogP contribution >= 0.6 is 46.6 Å². The molecule has 0 aliphatic carbocycles. The molecule has 0 saturated carbocycles. The SMILES string of the molecule is OB(O)c1cccc2c(I)c(S)sc12. The zero-order valence-electron chi connectivity index (χ0n) is 6.94. The second-order valence-corrected chi connectivity index (χ2v) is 5.67. The maximum absolute atomic E-state index is 9.16. The van der Waals surface area contributed by atoms with Crippen LogP contribution in [0.1, 0.15) is 0 Å². The van der Waals surface area contributed by atoms with Gasteiger partial charge in [0.2, 0.25) is 0 Å². The van der Waals surface area contributed by atoms with Gasteiger partial charge in [-0.2, -0.15) is 0 Å². The Hall–Kier alpha value is 0.245. The van der Waals surface area contributed by atoms with Crippen molar-refractivity contribution in [3.05, 3.63) is 21.8 Å². The van der Waals surface area contributed by atoms with Crippen molar-refractivity contribution in [3.63, 3.8) is 0 Å². The minimum atomic E-state index is -1.42. The zero-order chi connectivity index (χ0) is 10.3. The summed E-state index contributed by atoms with van der Waals surface area (Å²) < 4.78 is 2.87. The summed E-state index contributed by atoms with van der Waals surface area (Å²) in [6.45, 7) is 0. The molecule has 0 unspecified atom stereocenters. The van der Waals surface area contributed by atoms with Crippen molar-refractivity contribution in [2.75, 3.05) is 0 Å². The van der Waals surface area contributed by atoms with Gasteiger partial charge in [0, 0.05) is 13.7 Å². The van der Waals surface area contributed by atoms with Crippen molar-refractivity contribution in [1.82, 2.24) is 0 Å². The van der Waals surface area contributed by atoms with Crippen molar-refractivity contribution >= 4 is 69.2 Å². The van der Waals surface area contributed by atoms with Crippen LogP contribution in [0.3, 0.4) is 0 Å². The third-order valence-corrected chi connectivity index (χ3v) is 5.41. The van der Waals surface area contributed by atoms with Crippen LogP contribution in [0.2, 0.25) is 0 Å². The van der Waals surface area contributed by atoms with Gasteiger partial charge in [0.15, 0.2) is 0 Å². The van der Waals surface area contributed by atoms with Gasteiger partial charge in [-0.1, -0.05) is 18.2 Å². The Labute approximate surface area is 105 Å². The van der Waals surface area contributed by atoms with Crippen LogP contribution in [0, 0.1) is 3.57 Å². The van der Waals surface area contributed by atoms with E-state index in [9.17, 15) is 0 Å². The largest absolute Gasteiger partial charge is 0.489 e. The van der Waals surface area contributed by atoms with E-state index in [1.165, 1.54) is 11.3 Å². The van der Waals surface area contributed by atoms with E-state index in [1.807, 2.05) is 12.1 Å². The number of halogens is 1. The maximum Gasteiger partial charge on any atom is 0.489 e. The highest BCUT2D eigenvalue weighted by molar-refractivity contribution is 14.1. The second kappa shape index (κ2) is 4.01. The number of fused-ring (bicyclic) bond motifs is 1. The Balaban J connectivity index is 2.81. The first kappa shape index (κ1) is 10.8. The van der Waals surface area contributed by atoms with E-state index in [0.717, 1.165) is 17.9 Å². The zero-order valence-corrected chi connectivity index (χ0v) is 10.8. The van der Waals surface area contributed by atoms with E-state index in [2.05, 4.69) is 35.2 Å². The van der Waals surface area contributed by atoms with Gasteiger partial charge in [-0.25, -0.2) is 0 Å². The van der Waals surface area contributed by atoms with Crippen LogP contribution in [-0.4, -0.2) is 17.2 Å². The monoisotopic (exact) mass is 336 g/mol. The topological polar surface area (TPSA) is 40.5 Å². The van der Waals surface area contributed by atoms with Crippen molar-refractivity contribution in [2.24, 2.45) is 0 Å². The molecule has 1 heterocycles. The molecule has 6 heteroatoms. The lowest BCUT2D eigenvalue weighted by atomic mass is 9.80. The average Bonchev–Trinajstić information content (AvgIpc) is 2.43. The Morgan fingerprint density at radius 2 is 2.07 bits per heavy atom. The Morgan fingerprint density at radius 1 is 1.36 bits per heavy atom. The minimum Gasteiger partial charge on any atom is -0.423 e. The molecule has 0 aliphatic heterocycles. The molecule has 14 heavy (non-hydrogen) atoms. The molecule has 0 bridgehead atoms. The van der Waals surface area contributed by atoms with Gasteiger partial charge in [-0.15, -0.1) is 24.0 Å². The van der Waals surface area contributed by atoms with Crippen LogP contribution < -0.4 is 5.46 Å². The van der Waals surface area contributed by atoms with Gasteiger partial charge in [0.05, 0.1) is 4.21 Å². The quantitative estimate of drug-likeness (QED) is 0.419. The van der Waals surface area contributed by atoms with Crippen LogP contribution in [-0.2, 0) is 0 Å². The summed E-state index contributed by atoms with van der Waals surface area (Å²) in [4.78, 5) is 0. The first-order valence-corrected chi connectivity index (χ1v) is 6.21. The van der Waals surface area contributed by atoms with Crippen LogP contribution in [0.15, 0.2) is 22.4 Å². The van der Waals surface area contributed by atoms with Crippen LogP contribution in [0.5, 0.6) is 0 Å². The molecule has 0 atom stereocenters. The third-order valence-electron chi connectivity index (χ3n) is 1.95. The third kappa shape index (κ3) is 1.69. The molecule has 1 aromatic heterocycles. The Kier molecular flexibility index (Phi) is 3.08. The molecule has 72 valence electrons. The summed E-state index contributed by atoms with van der Waals surface area (Å²) in [5.41, 5.74) is 0.547. The number of hydrogen-bond donors (Lipinski definition) is 3. The fraction of sp³-hybridized carbons (Fsp3) is 0. The predicted octanol–water partition coefficient (Wildman–Crippen LogP) is 1.47. The first-order chi connectivity index (χ1) is 6.61. The molecular formula is C8H6BIO2S2. The molecular weight excluding hydrogens is 330 g/mol. The number of hydrogen-bond acceptors (Lipinski definition) is 4. The molecule has 0 amide bonds. The first-order valence-electron chi connectivity index (χ1n) is 3.87. The number of rotatable bonds is 1. The van der Waals surface area contributed by atoms with Crippen molar-refractivity contribution < 1.29 is 10.0 Å². The summed E-state index contributed by atoms with van der Waals surface area (Å²) in [6.07, 6.45) is 0. The summed E-state index contributed by atoms with van der Waals surface area (Å²) >= 11 is 8.00. The lowest BCUT2D eigenvalue weighted by Crippen LogP contribution is -2.29. The summed E-state index contributed by atoms with van der Waals surface area (Å²) in [5, 5.41) is 19.3. The lowest BCUT2D eigenvalue weighted by molar-refractivity contribution is 0.426. The molecule has 2 rings (SSSR count). The van der Waals surface area contributed by atoms with Gasteiger partial charge >= 0.3 is 7.12 Å². The Bertz CT molecular complexity index is 483. The lowest BCUT2D eigenvalue weighted by Gasteiger charge is -1.99. The van der Waals surface area contributed by atoms with Gasteiger partial charge < -0.3 is 10.0 Å². The van der Waals surface area contributed by atoms with E-state index in [0.29, 0.717) is 5.46 Å². The highest BCUT2D eigenvalue weighted by Gasteiger charge is 2.17. The molecule has 1 aromatic carbocycles. The number of benzene rings is 1. The fourth-order valence-corrected chi connectivity index (χ4v) is 3.62. The van der Waals surface area contributed by atoms with E-state index in [1.54, 1.807) is 6.07 Å². The fourth-order valence-electron chi connectivity index (χ4n) is 1.30. The number of thiol groups is 1. The van der Waals surface area contributed by atoms with Crippen LogP contribution in [0.4, 0.5) is 0 Å². The van der Waals surface area contributed by atoms with Gasteiger partial charge in [-0.05, 0) is 28.1 Å². The van der Waals surface area contributed by atoms with E-state index in [-0.39, 0.29) is 0 Å². The Morgan fingerprint density at radius 3 is 2.71 bits per heavy atom. The van der Waals surface area contributed by atoms with Gasteiger partial charge in [0.1, 0.15) is 0 Å². The molecule has 0 radical (unpaired) electrons. The van der Waals surface area contributed by atoms with Crippen molar-refractivity contribution in [2.45, 2.75) is 4.21 Å². The van der Waals surface area contributed by atoms with Crippen molar-refractivity contribution in [3.8, 4) is 0 Å². The number of thiophene rings is 1. The normalized spacial score (nSPS) is 10.9. The van der Waals surface area contributed by atoms with Gasteiger partial charge in [-0.3, -0.25) is 0 Å². The summed E-state index contributed by atoms with van der Waals surface area (Å²) in [5.74, 6) is 0. The highest BCUT2D eigenvalue weighted by atomic mass is 127. The molecule has 0 aliphatic rings. The predicted molar refractivity (Wildman–Crippen MR) is 71.6 cm³/mol. The second-order valence-electron chi connectivity index (χ2n) is 2.82. The molecule has 0 fully saturated rings.